The number of hydrogen-bond donors (Lipinski definition) is 2. The minimum Gasteiger partial charge on any atom is -0.494 e. The van der Waals surface area contributed by atoms with Crippen LogP contribution < -0.4 is 10.1 Å². The molecule has 1 aromatic carbocycles. The van der Waals surface area contributed by atoms with Crippen LogP contribution in [0.15, 0.2) is 30.5 Å². The van der Waals surface area contributed by atoms with E-state index in [1.807, 2.05) is 18.3 Å². The summed E-state index contributed by atoms with van der Waals surface area (Å²) in [6, 6.07) is 8.21. The molecule has 0 bridgehead atoms. The van der Waals surface area contributed by atoms with Gasteiger partial charge in [-0.15, -0.1) is 0 Å². The highest BCUT2D eigenvalue weighted by Gasteiger charge is 2.16. The fourth-order valence-electron chi connectivity index (χ4n) is 2.73. The van der Waals surface area contributed by atoms with Gasteiger partial charge in [0.25, 0.3) is 0 Å². The minimum absolute atomic E-state index is 0.716. The van der Waals surface area contributed by atoms with Gasteiger partial charge in [-0.3, -0.25) is 0 Å². The third-order valence-electron chi connectivity index (χ3n) is 3.91. The van der Waals surface area contributed by atoms with Gasteiger partial charge in [-0.1, -0.05) is 6.92 Å². The Kier molecular flexibility index (Phi) is 4.55. The standard InChI is InChI=1S/C17H23N3O/c1-2-9-21-15-5-3-14(4-6-15)16-12-19-17(20-16)10-13-7-8-18-11-13/h3-6,12-13,18H,2,7-11H2,1H3,(H,19,20). The van der Waals surface area contributed by atoms with E-state index in [9.17, 15) is 0 Å². The van der Waals surface area contributed by atoms with Gasteiger partial charge < -0.3 is 15.0 Å². The molecule has 1 saturated heterocycles. The fraction of sp³-hybridized carbons (Fsp3) is 0.471. The average Bonchev–Trinajstić information content (AvgIpc) is 3.18. The normalized spacial score (nSPS) is 18.0. The Balaban J connectivity index is 1.64. The van der Waals surface area contributed by atoms with Crippen LogP contribution in [0, 0.1) is 5.92 Å². The molecule has 4 heteroatoms. The summed E-state index contributed by atoms with van der Waals surface area (Å²) in [7, 11) is 0. The van der Waals surface area contributed by atoms with E-state index in [0.29, 0.717) is 5.92 Å². The number of aromatic nitrogens is 2. The summed E-state index contributed by atoms with van der Waals surface area (Å²) in [4.78, 5) is 7.95. The van der Waals surface area contributed by atoms with Crippen molar-refractivity contribution in [1.29, 1.82) is 0 Å². The van der Waals surface area contributed by atoms with E-state index in [1.54, 1.807) is 0 Å². The van der Waals surface area contributed by atoms with E-state index in [2.05, 4.69) is 34.3 Å². The van der Waals surface area contributed by atoms with Crippen LogP contribution in [0.25, 0.3) is 11.3 Å². The second-order valence-electron chi connectivity index (χ2n) is 5.68. The molecule has 1 aliphatic heterocycles. The van der Waals surface area contributed by atoms with E-state index in [4.69, 9.17) is 4.74 Å². The minimum atomic E-state index is 0.716. The molecule has 0 saturated carbocycles. The Morgan fingerprint density at radius 3 is 2.86 bits per heavy atom. The Hall–Kier alpha value is -1.81. The monoisotopic (exact) mass is 285 g/mol. The summed E-state index contributed by atoms with van der Waals surface area (Å²) < 4.78 is 5.61. The number of ether oxygens (including phenoxy) is 1. The first-order valence-electron chi connectivity index (χ1n) is 7.83. The van der Waals surface area contributed by atoms with Gasteiger partial charge in [0, 0.05) is 6.42 Å². The molecule has 0 spiro atoms. The SMILES string of the molecule is CCCOc1ccc(-c2cnc(CC3CCNC3)[nH]2)cc1. The first-order valence-corrected chi connectivity index (χ1v) is 7.83. The number of benzene rings is 1. The molecule has 0 aliphatic carbocycles. The van der Waals surface area contributed by atoms with Crippen LogP contribution in [0.5, 0.6) is 5.75 Å². The van der Waals surface area contributed by atoms with Gasteiger partial charge >= 0.3 is 0 Å². The van der Waals surface area contributed by atoms with Gasteiger partial charge in [-0.25, -0.2) is 4.98 Å². The van der Waals surface area contributed by atoms with Gasteiger partial charge in [0.2, 0.25) is 0 Å². The zero-order valence-corrected chi connectivity index (χ0v) is 12.6. The maximum atomic E-state index is 5.61. The number of H-pyrrole nitrogens is 1. The van der Waals surface area contributed by atoms with E-state index < -0.39 is 0 Å². The maximum Gasteiger partial charge on any atom is 0.119 e. The highest BCUT2D eigenvalue weighted by Crippen LogP contribution is 2.22. The highest BCUT2D eigenvalue weighted by atomic mass is 16.5. The van der Waals surface area contributed by atoms with Crippen LogP contribution in [-0.2, 0) is 6.42 Å². The number of aromatic amines is 1. The van der Waals surface area contributed by atoms with Crippen molar-refractivity contribution in [2.24, 2.45) is 5.92 Å². The molecular weight excluding hydrogens is 262 g/mol. The Morgan fingerprint density at radius 1 is 1.29 bits per heavy atom. The molecule has 0 amide bonds. The second-order valence-corrected chi connectivity index (χ2v) is 5.68. The molecule has 0 radical (unpaired) electrons. The van der Waals surface area contributed by atoms with E-state index in [1.165, 1.54) is 6.42 Å². The van der Waals surface area contributed by atoms with Crippen LogP contribution in [-0.4, -0.2) is 29.7 Å². The predicted molar refractivity (Wildman–Crippen MR) is 84.5 cm³/mol. The summed E-state index contributed by atoms with van der Waals surface area (Å²) in [5, 5.41) is 3.40. The molecule has 2 N–H and O–H groups in total. The topological polar surface area (TPSA) is 49.9 Å². The zero-order valence-electron chi connectivity index (χ0n) is 12.6. The first kappa shape index (κ1) is 14.1. The van der Waals surface area contributed by atoms with E-state index >= 15 is 0 Å². The molecule has 2 aromatic rings. The number of nitrogens with zero attached hydrogens (tertiary/aromatic N) is 1. The maximum absolute atomic E-state index is 5.61. The molecule has 1 aromatic heterocycles. The molecule has 1 unspecified atom stereocenters. The number of nitrogens with one attached hydrogen (secondary N) is 2. The van der Waals surface area contributed by atoms with Gasteiger partial charge in [0.15, 0.2) is 0 Å². The first-order chi connectivity index (χ1) is 10.3. The number of imidazole rings is 1. The Labute approximate surface area is 125 Å². The number of hydrogen-bond acceptors (Lipinski definition) is 3. The van der Waals surface area contributed by atoms with Crippen LogP contribution in [0.3, 0.4) is 0 Å². The predicted octanol–water partition coefficient (Wildman–Crippen LogP) is 3.02. The summed E-state index contributed by atoms with van der Waals surface area (Å²) >= 11 is 0. The van der Waals surface area contributed by atoms with E-state index in [0.717, 1.165) is 55.4 Å². The molecule has 2 heterocycles. The fourth-order valence-corrected chi connectivity index (χ4v) is 2.73. The van der Waals surface area contributed by atoms with Crippen LogP contribution in [0.1, 0.15) is 25.6 Å². The van der Waals surface area contributed by atoms with Crippen LogP contribution in [0.4, 0.5) is 0 Å². The summed E-state index contributed by atoms with van der Waals surface area (Å²) in [5.74, 6) is 2.73. The molecule has 1 aliphatic rings. The van der Waals surface area contributed by atoms with Crippen molar-refractivity contribution in [3.8, 4) is 17.0 Å². The van der Waals surface area contributed by atoms with Crippen molar-refractivity contribution in [3.63, 3.8) is 0 Å². The molecule has 3 rings (SSSR count). The van der Waals surface area contributed by atoms with Crippen molar-refractivity contribution in [3.05, 3.63) is 36.3 Å². The van der Waals surface area contributed by atoms with Crippen LogP contribution in [0.2, 0.25) is 0 Å². The molecule has 1 atom stereocenters. The van der Waals surface area contributed by atoms with Gasteiger partial charge in [-0.05, 0) is 61.7 Å². The van der Waals surface area contributed by atoms with Crippen molar-refractivity contribution in [2.75, 3.05) is 19.7 Å². The van der Waals surface area contributed by atoms with Gasteiger partial charge in [0.05, 0.1) is 18.5 Å². The lowest BCUT2D eigenvalue weighted by Gasteiger charge is -2.06. The lowest BCUT2D eigenvalue weighted by molar-refractivity contribution is 0.317. The van der Waals surface area contributed by atoms with Gasteiger partial charge in [0.1, 0.15) is 11.6 Å². The van der Waals surface area contributed by atoms with Crippen molar-refractivity contribution in [2.45, 2.75) is 26.2 Å². The largest absolute Gasteiger partial charge is 0.494 e. The third kappa shape index (κ3) is 3.64. The summed E-state index contributed by atoms with van der Waals surface area (Å²) in [6.07, 6.45) is 5.24. The molecule has 4 nitrogen and oxygen atoms in total. The number of rotatable bonds is 6. The molecule has 1 fully saturated rings. The lowest BCUT2D eigenvalue weighted by atomic mass is 10.1. The Bertz CT molecular complexity index is 556. The third-order valence-corrected chi connectivity index (χ3v) is 3.91. The molecular formula is C17H23N3O. The second kappa shape index (κ2) is 6.76. The summed E-state index contributed by atoms with van der Waals surface area (Å²) in [5.41, 5.74) is 2.24. The summed E-state index contributed by atoms with van der Waals surface area (Å²) in [6.45, 7) is 5.13. The molecule has 112 valence electrons. The van der Waals surface area contributed by atoms with Crippen molar-refractivity contribution in [1.82, 2.24) is 15.3 Å². The van der Waals surface area contributed by atoms with Crippen molar-refractivity contribution >= 4 is 0 Å². The lowest BCUT2D eigenvalue weighted by Crippen LogP contribution is -2.11. The highest BCUT2D eigenvalue weighted by molar-refractivity contribution is 5.59. The average molecular weight is 285 g/mol. The quantitative estimate of drug-likeness (QED) is 0.857. The molecule has 21 heavy (non-hydrogen) atoms. The van der Waals surface area contributed by atoms with E-state index in [-0.39, 0.29) is 0 Å². The zero-order chi connectivity index (χ0) is 14.5. The van der Waals surface area contributed by atoms with Crippen LogP contribution >= 0.6 is 0 Å². The Morgan fingerprint density at radius 2 is 2.14 bits per heavy atom. The smallest absolute Gasteiger partial charge is 0.119 e. The van der Waals surface area contributed by atoms with Gasteiger partial charge in [-0.2, -0.15) is 0 Å². The van der Waals surface area contributed by atoms with Crippen molar-refractivity contribution < 1.29 is 4.74 Å².